The molecule has 9 nitrogen and oxygen atoms in total. The number of benzene rings is 2. The van der Waals surface area contributed by atoms with Gasteiger partial charge >= 0.3 is 11.9 Å². The van der Waals surface area contributed by atoms with E-state index >= 15 is 0 Å². The maximum atomic E-state index is 13.8. The molecule has 1 N–H and O–H groups in total. The number of aromatic carboxylic acids is 1. The van der Waals surface area contributed by atoms with Gasteiger partial charge in [0.05, 0.1) is 45.6 Å². The third kappa shape index (κ3) is 5.48. The number of ether oxygens (including phenoxy) is 2. The molecule has 2 aromatic carbocycles. The molecule has 0 amide bonds. The molecule has 1 aliphatic heterocycles. The Bertz CT molecular complexity index is 1880. The number of allylic oxidation sites excluding steroid dienone is 1. The molecule has 11 heteroatoms. The lowest BCUT2D eigenvalue weighted by atomic mass is 9.96. The molecule has 0 unspecified atom stereocenters. The van der Waals surface area contributed by atoms with Gasteiger partial charge in [0.25, 0.3) is 5.56 Å². The SMILES string of the molecule is COc1ccc([C@H]2C(C(=O)OC(C)C)=C(C)N=c3s/c(=C\c4ccc(-c5ccc(C(=O)O)c(Cl)c5)o4)c(=O)n32)cc1. The van der Waals surface area contributed by atoms with Crippen molar-refractivity contribution in [3.8, 4) is 17.1 Å². The van der Waals surface area contributed by atoms with Crippen LogP contribution in [0, 0.1) is 0 Å². The van der Waals surface area contributed by atoms with Crippen LogP contribution in [0.5, 0.6) is 5.75 Å². The summed E-state index contributed by atoms with van der Waals surface area (Å²) in [5.41, 5.74) is 1.68. The number of furan rings is 1. The number of nitrogens with zero attached hydrogens (tertiary/aromatic N) is 2. The van der Waals surface area contributed by atoms with Gasteiger partial charge in [-0.3, -0.25) is 9.36 Å². The molecular weight excluding hydrogens is 568 g/mol. The number of rotatable bonds is 7. The van der Waals surface area contributed by atoms with Gasteiger partial charge in [-0.1, -0.05) is 41.1 Å². The van der Waals surface area contributed by atoms with Crippen LogP contribution in [0.25, 0.3) is 17.4 Å². The molecule has 2 aromatic heterocycles. The normalized spacial score (nSPS) is 15.1. The minimum atomic E-state index is -1.12. The lowest BCUT2D eigenvalue weighted by Crippen LogP contribution is -2.40. The van der Waals surface area contributed by atoms with E-state index < -0.39 is 18.0 Å². The summed E-state index contributed by atoms with van der Waals surface area (Å²) in [6, 6.07) is 14.3. The molecule has 1 aliphatic rings. The fourth-order valence-corrected chi connectivity index (χ4v) is 5.81. The van der Waals surface area contributed by atoms with Crippen molar-refractivity contribution in [1.29, 1.82) is 0 Å². The van der Waals surface area contributed by atoms with Crippen molar-refractivity contribution in [2.24, 2.45) is 4.99 Å². The van der Waals surface area contributed by atoms with Crippen molar-refractivity contribution in [2.45, 2.75) is 32.9 Å². The molecular formula is C30H25ClN2O7S. The first-order valence-electron chi connectivity index (χ1n) is 12.6. The summed E-state index contributed by atoms with van der Waals surface area (Å²) >= 11 is 7.30. The number of carbonyl (C=O) groups is 2. The van der Waals surface area contributed by atoms with Crippen LogP contribution in [0.4, 0.5) is 0 Å². The fraction of sp³-hybridized carbons (Fsp3) is 0.200. The Morgan fingerprint density at radius 3 is 2.51 bits per heavy atom. The number of methoxy groups -OCH3 is 1. The molecule has 5 rings (SSSR count). The zero-order chi connectivity index (χ0) is 29.4. The number of carboxylic acids is 1. The number of thiazole rings is 1. The van der Waals surface area contributed by atoms with Crippen molar-refractivity contribution < 1.29 is 28.6 Å². The number of carboxylic acid groups (broad SMARTS) is 1. The average Bonchev–Trinajstić information content (AvgIpc) is 3.51. The second kappa shape index (κ2) is 11.2. The Hall–Kier alpha value is -4.41. The van der Waals surface area contributed by atoms with Gasteiger partial charge in [0.1, 0.15) is 17.3 Å². The fourth-order valence-electron chi connectivity index (χ4n) is 4.52. The number of esters is 1. The van der Waals surface area contributed by atoms with Crippen LogP contribution >= 0.6 is 22.9 Å². The van der Waals surface area contributed by atoms with Crippen LogP contribution in [-0.2, 0) is 9.53 Å². The van der Waals surface area contributed by atoms with Gasteiger partial charge in [-0.15, -0.1) is 0 Å². The largest absolute Gasteiger partial charge is 0.497 e. The summed E-state index contributed by atoms with van der Waals surface area (Å²) < 4.78 is 18.6. The highest BCUT2D eigenvalue weighted by atomic mass is 35.5. The van der Waals surface area contributed by atoms with Crippen molar-refractivity contribution in [3.63, 3.8) is 0 Å². The minimum absolute atomic E-state index is 0.0124. The minimum Gasteiger partial charge on any atom is -0.497 e. The molecule has 3 heterocycles. The van der Waals surface area contributed by atoms with Gasteiger partial charge in [0.15, 0.2) is 4.80 Å². The quantitative estimate of drug-likeness (QED) is 0.306. The van der Waals surface area contributed by atoms with Crippen molar-refractivity contribution in [1.82, 2.24) is 4.57 Å². The molecule has 0 fully saturated rings. The Kier molecular flexibility index (Phi) is 7.70. The number of carbonyl (C=O) groups excluding carboxylic acids is 1. The summed E-state index contributed by atoms with van der Waals surface area (Å²) in [7, 11) is 1.56. The Morgan fingerprint density at radius 2 is 1.88 bits per heavy atom. The lowest BCUT2D eigenvalue weighted by Gasteiger charge is -2.25. The molecule has 0 aliphatic carbocycles. The van der Waals surface area contributed by atoms with Gasteiger partial charge in [-0.05, 0) is 62.7 Å². The zero-order valence-corrected chi connectivity index (χ0v) is 24.1. The van der Waals surface area contributed by atoms with E-state index in [4.69, 9.17) is 25.5 Å². The van der Waals surface area contributed by atoms with Crippen LogP contribution in [0.2, 0.25) is 5.02 Å². The molecule has 0 saturated carbocycles. The van der Waals surface area contributed by atoms with Crippen LogP contribution in [0.15, 0.2) is 80.1 Å². The van der Waals surface area contributed by atoms with Crippen LogP contribution in [0.1, 0.15) is 48.5 Å². The smallest absolute Gasteiger partial charge is 0.338 e. The maximum Gasteiger partial charge on any atom is 0.338 e. The highest BCUT2D eigenvalue weighted by molar-refractivity contribution is 7.07. The first-order chi connectivity index (χ1) is 19.6. The Balaban J connectivity index is 1.60. The monoisotopic (exact) mass is 592 g/mol. The average molecular weight is 593 g/mol. The van der Waals surface area contributed by atoms with Crippen molar-refractivity contribution in [3.05, 3.63) is 107 Å². The van der Waals surface area contributed by atoms with E-state index in [0.29, 0.717) is 43.4 Å². The van der Waals surface area contributed by atoms with Crippen LogP contribution < -0.4 is 19.6 Å². The predicted molar refractivity (Wildman–Crippen MR) is 154 cm³/mol. The molecule has 1 atom stereocenters. The number of halogens is 1. The van der Waals surface area contributed by atoms with Gasteiger partial charge in [0.2, 0.25) is 0 Å². The van der Waals surface area contributed by atoms with Gasteiger partial charge < -0.3 is 19.0 Å². The number of hydrogen-bond acceptors (Lipinski definition) is 8. The van der Waals surface area contributed by atoms with E-state index in [1.165, 1.54) is 28.0 Å². The molecule has 210 valence electrons. The van der Waals surface area contributed by atoms with Gasteiger partial charge in [-0.2, -0.15) is 0 Å². The summed E-state index contributed by atoms with van der Waals surface area (Å²) in [6.45, 7) is 5.25. The van der Waals surface area contributed by atoms with E-state index in [2.05, 4.69) is 4.99 Å². The summed E-state index contributed by atoms with van der Waals surface area (Å²) in [5, 5.41) is 9.31. The lowest BCUT2D eigenvalue weighted by molar-refractivity contribution is -0.143. The number of fused-ring (bicyclic) bond motifs is 1. The number of aromatic nitrogens is 1. The third-order valence-corrected chi connectivity index (χ3v) is 7.70. The second-order valence-corrected chi connectivity index (χ2v) is 10.9. The topological polar surface area (TPSA) is 120 Å². The van der Waals surface area contributed by atoms with E-state index in [1.54, 1.807) is 64.3 Å². The van der Waals surface area contributed by atoms with Crippen molar-refractivity contribution >= 4 is 41.0 Å². The number of hydrogen-bond donors (Lipinski definition) is 1. The van der Waals surface area contributed by atoms with E-state index in [-0.39, 0.29) is 27.8 Å². The Labute approximate surface area is 243 Å². The third-order valence-electron chi connectivity index (χ3n) is 6.40. The maximum absolute atomic E-state index is 13.8. The zero-order valence-electron chi connectivity index (χ0n) is 22.5. The van der Waals surface area contributed by atoms with Crippen LogP contribution in [-0.4, -0.2) is 34.8 Å². The highest BCUT2D eigenvalue weighted by Crippen LogP contribution is 2.32. The van der Waals surface area contributed by atoms with E-state index in [1.807, 2.05) is 12.1 Å². The standard InChI is InChI=1S/C30H25ClN2O7S/c1-15(2)39-29(37)25-16(3)32-30-33(26(25)17-5-8-19(38-4)9-6-17)27(34)24(41-30)14-20-10-12-23(40-20)18-7-11-21(28(35)36)22(31)13-18/h5-15,26H,1-4H3,(H,35,36)/b24-14-/t26-/m0/s1. The first kappa shape index (κ1) is 28.1. The summed E-state index contributed by atoms with van der Waals surface area (Å²) in [4.78, 5) is 43.3. The Morgan fingerprint density at radius 1 is 1.15 bits per heavy atom. The molecule has 41 heavy (non-hydrogen) atoms. The molecule has 0 radical (unpaired) electrons. The van der Waals surface area contributed by atoms with E-state index in [0.717, 1.165) is 0 Å². The molecule has 0 bridgehead atoms. The van der Waals surface area contributed by atoms with Crippen molar-refractivity contribution in [2.75, 3.05) is 7.11 Å². The summed E-state index contributed by atoms with van der Waals surface area (Å²) in [6.07, 6.45) is 1.25. The molecule has 0 saturated heterocycles. The first-order valence-corrected chi connectivity index (χ1v) is 13.8. The van der Waals surface area contributed by atoms with Crippen LogP contribution in [0.3, 0.4) is 0 Å². The van der Waals surface area contributed by atoms with E-state index in [9.17, 15) is 19.5 Å². The summed E-state index contributed by atoms with van der Waals surface area (Å²) in [5.74, 6) is -0.172. The highest BCUT2D eigenvalue weighted by Gasteiger charge is 2.33. The van der Waals surface area contributed by atoms with Gasteiger partial charge in [0, 0.05) is 11.6 Å². The second-order valence-electron chi connectivity index (χ2n) is 9.51. The predicted octanol–water partition coefficient (Wildman–Crippen LogP) is 4.81. The molecule has 0 spiro atoms. The molecule has 4 aromatic rings. The van der Waals surface area contributed by atoms with Gasteiger partial charge in [-0.25, -0.2) is 14.6 Å².